The number of amides is 1. The topological polar surface area (TPSA) is 38.8 Å². The smallest absolute Gasteiger partial charge is 0.438 e. The van der Waals surface area contributed by atoms with Gasteiger partial charge in [-0.05, 0) is 61.8 Å². The van der Waals surface area contributed by atoms with E-state index < -0.39 is 20.0 Å². The molecular formula is C21H31NO3Si. The molecule has 0 saturated heterocycles. The van der Waals surface area contributed by atoms with Crippen LogP contribution in [0.2, 0.25) is 18.1 Å². The highest BCUT2D eigenvalue weighted by Gasteiger charge is 2.42. The second-order valence-electron chi connectivity index (χ2n) is 9.16. The van der Waals surface area contributed by atoms with Crippen molar-refractivity contribution in [1.29, 1.82) is 0 Å². The molecule has 26 heavy (non-hydrogen) atoms. The number of hydroxylamine groups is 1. The van der Waals surface area contributed by atoms with Gasteiger partial charge in [-0.15, -0.1) is 0 Å². The second-order valence-corrected chi connectivity index (χ2v) is 13.9. The number of carbonyl (C=O) groups is 1. The van der Waals surface area contributed by atoms with Crippen LogP contribution in [0.4, 0.5) is 10.5 Å². The zero-order valence-electron chi connectivity index (χ0n) is 17.2. The third kappa shape index (κ3) is 4.86. The summed E-state index contributed by atoms with van der Waals surface area (Å²) in [5.74, 6) is 0. The molecule has 0 aromatic heterocycles. The van der Waals surface area contributed by atoms with Crippen LogP contribution in [-0.2, 0) is 9.26 Å². The van der Waals surface area contributed by atoms with E-state index in [1.165, 1.54) is 5.06 Å². The molecule has 1 amide bonds. The lowest BCUT2D eigenvalue weighted by Gasteiger charge is -2.39. The lowest BCUT2D eigenvalue weighted by molar-refractivity contribution is 0.0422. The van der Waals surface area contributed by atoms with E-state index in [1.807, 2.05) is 63.2 Å². The molecule has 0 aliphatic carbocycles. The third-order valence-electron chi connectivity index (χ3n) is 4.65. The summed E-state index contributed by atoms with van der Waals surface area (Å²) < 4.78 is 12.0. The highest BCUT2D eigenvalue weighted by molar-refractivity contribution is 6.74. The number of rotatable bonds is 3. The van der Waals surface area contributed by atoms with Gasteiger partial charge in [0, 0.05) is 0 Å². The zero-order chi connectivity index (χ0) is 19.8. The van der Waals surface area contributed by atoms with Crippen LogP contribution in [0.25, 0.3) is 10.8 Å². The SMILES string of the molecule is CC(C)(C)OC(=O)N(O[Si](C)(C)C(C)(C)C)c1ccc2ccccc2c1. The molecule has 0 heterocycles. The minimum Gasteiger partial charge on any atom is -0.442 e. The highest BCUT2D eigenvalue weighted by atomic mass is 28.4. The van der Waals surface area contributed by atoms with Crippen LogP contribution in [0, 0.1) is 0 Å². The summed E-state index contributed by atoms with van der Waals surface area (Å²) in [5, 5.41) is 3.48. The Bertz CT molecular complexity index is 788. The van der Waals surface area contributed by atoms with Gasteiger partial charge in [-0.25, -0.2) is 4.79 Å². The van der Waals surface area contributed by atoms with Crippen molar-refractivity contribution in [3.05, 3.63) is 42.5 Å². The minimum absolute atomic E-state index is 0.0376. The third-order valence-corrected chi connectivity index (χ3v) is 8.90. The number of hydrogen-bond acceptors (Lipinski definition) is 3. The zero-order valence-corrected chi connectivity index (χ0v) is 18.2. The van der Waals surface area contributed by atoms with Gasteiger partial charge in [0.2, 0.25) is 8.32 Å². The summed E-state index contributed by atoms with van der Waals surface area (Å²) >= 11 is 0. The summed E-state index contributed by atoms with van der Waals surface area (Å²) in [6.45, 7) is 16.2. The van der Waals surface area contributed by atoms with E-state index in [4.69, 9.17) is 9.26 Å². The predicted octanol–water partition coefficient (Wildman–Crippen LogP) is 6.52. The van der Waals surface area contributed by atoms with Crippen molar-refractivity contribution in [3.8, 4) is 0 Å². The van der Waals surface area contributed by atoms with Crippen LogP contribution in [0.15, 0.2) is 42.5 Å². The van der Waals surface area contributed by atoms with Gasteiger partial charge < -0.3 is 9.26 Å². The maximum Gasteiger partial charge on any atom is 0.438 e. The molecule has 0 aliphatic heterocycles. The highest BCUT2D eigenvalue weighted by Crippen LogP contribution is 2.38. The largest absolute Gasteiger partial charge is 0.442 e. The van der Waals surface area contributed by atoms with Crippen molar-refractivity contribution in [2.24, 2.45) is 0 Å². The molecule has 0 atom stereocenters. The lowest BCUT2D eigenvalue weighted by atomic mass is 10.1. The Morgan fingerprint density at radius 1 is 0.923 bits per heavy atom. The Hall–Kier alpha value is -1.85. The van der Waals surface area contributed by atoms with Gasteiger partial charge >= 0.3 is 6.09 Å². The van der Waals surface area contributed by atoms with Crippen LogP contribution in [0.5, 0.6) is 0 Å². The van der Waals surface area contributed by atoms with Crippen molar-refractivity contribution in [1.82, 2.24) is 0 Å². The first-order valence-electron chi connectivity index (χ1n) is 9.01. The second kappa shape index (κ2) is 7.04. The molecule has 5 heteroatoms. The van der Waals surface area contributed by atoms with E-state index >= 15 is 0 Å². The van der Waals surface area contributed by atoms with Crippen LogP contribution >= 0.6 is 0 Å². The van der Waals surface area contributed by atoms with E-state index in [0.29, 0.717) is 5.69 Å². The first-order chi connectivity index (χ1) is 11.8. The van der Waals surface area contributed by atoms with E-state index in [-0.39, 0.29) is 5.04 Å². The molecule has 142 valence electrons. The van der Waals surface area contributed by atoms with Gasteiger partial charge in [0.25, 0.3) is 0 Å². The van der Waals surface area contributed by atoms with Gasteiger partial charge in [-0.2, -0.15) is 5.06 Å². The number of carbonyl (C=O) groups excluding carboxylic acids is 1. The average molecular weight is 374 g/mol. The Kier molecular flexibility index (Phi) is 5.54. The van der Waals surface area contributed by atoms with Gasteiger partial charge in [0.15, 0.2) is 0 Å². The van der Waals surface area contributed by atoms with Crippen molar-refractivity contribution >= 4 is 30.9 Å². The summed E-state index contributed by atoms with van der Waals surface area (Å²) in [6.07, 6.45) is -0.488. The Balaban J connectivity index is 2.46. The normalized spacial score (nSPS) is 12.9. The van der Waals surface area contributed by atoms with Gasteiger partial charge in [0.1, 0.15) is 5.60 Å². The van der Waals surface area contributed by atoms with Gasteiger partial charge in [-0.3, -0.25) is 0 Å². The van der Waals surface area contributed by atoms with E-state index in [0.717, 1.165) is 10.8 Å². The first-order valence-corrected chi connectivity index (χ1v) is 11.9. The Labute approximate surface area is 158 Å². The maximum absolute atomic E-state index is 12.9. The summed E-state index contributed by atoms with van der Waals surface area (Å²) in [7, 11) is -2.23. The van der Waals surface area contributed by atoms with Crippen LogP contribution in [0.1, 0.15) is 41.5 Å². The number of fused-ring (bicyclic) bond motifs is 1. The van der Waals surface area contributed by atoms with Crippen LogP contribution in [-0.4, -0.2) is 20.0 Å². The molecule has 2 aromatic rings. The molecule has 2 aromatic carbocycles. The monoisotopic (exact) mass is 373 g/mol. The molecule has 0 fully saturated rings. The molecule has 4 nitrogen and oxygen atoms in total. The fraction of sp³-hybridized carbons (Fsp3) is 0.476. The molecule has 0 saturated carbocycles. The molecule has 0 radical (unpaired) electrons. The minimum atomic E-state index is -2.23. The fourth-order valence-electron chi connectivity index (χ4n) is 2.17. The number of ether oxygens (including phenoxy) is 1. The van der Waals surface area contributed by atoms with Crippen molar-refractivity contribution in [3.63, 3.8) is 0 Å². The number of nitrogens with zero attached hydrogens (tertiary/aromatic N) is 1. The van der Waals surface area contributed by atoms with Crippen molar-refractivity contribution < 1.29 is 14.1 Å². The summed E-state index contributed by atoms with van der Waals surface area (Å²) in [4.78, 5) is 12.9. The Morgan fingerprint density at radius 3 is 2.04 bits per heavy atom. The standard InChI is InChI=1S/C21H31NO3Si/c1-20(2,3)24-19(23)22(25-26(7,8)21(4,5)6)18-14-13-16-11-9-10-12-17(16)15-18/h9-15H,1-8H3. The van der Waals surface area contributed by atoms with Crippen LogP contribution < -0.4 is 5.06 Å². The van der Waals surface area contributed by atoms with Crippen LogP contribution in [0.3, 0.4) is 0 Å². The Morgan fingerprint density at radius 2 is 1.50 bits per heavy atom. The molecular weight excluding hydrogens is 342 g/mol. The molecule has 0 bridgehead atoms. The van der Waals surface area contributed by atoms with E-state index in [9.17, 15) is 4.79 Å². The fourth-order valence-corrected chi connectivity index (χ4v) is 3.08. The van der Waals surface area contributed by atoms with Gasteiger partial charge in [-0.1, -0.05) is 51.1 Å². The van der Waals surface area contributed by atoms with E-state index in [1.54, 1.807) is 0 Å². The quantitative estimate of drug-likeness (QED) is 0.454. The average Bonchev–Trinajstić information content (AvgIpc) is 2.49. The lowest BCUT2D eigenvalue weighted by Crippen LogP contribution is -2.50. The number of hydrogen-bond donors (Lipinski definition) is 0. The van der Waals surface area contributed by atoms with Crippen molar-refractivity contribution in [2.45, 2.75) is 65.3 Å². The van der Waals surface area contributed by atoms with Crippen molar-refractivity contribution in [2.75, 3.05) is 5.06 Å². The molecule has 0 unspecified atom stereocenters. The molecule has 2 rings (SSSR count). The molecule has 0 aliphatic rings. The maximum atomic E-state index is 12.9. The molecule has 0 N–H and O–H groups in total. The van der Waals surface area contributed by atoms with Gasteiger partial charge in [0.05, 0.1) is 5.69 Å². The number of anilines is 1. The number of benzene rings is 2. The van der Waals surface area contributed by atoms with E-state index in [2.05, 4.69) is 33.9 Å². The predicted molar refractivity (Wildman–Crippen MR) is 111 cm³/mol. The summed E-state index contributed by atoms with van der Waals surface area (Å²) in [6, 6.07) is 13.9. The molecule has 0 spiro atoms. The first kappa shape index (κ1) is 20.5. The summed E-state index contributed by atoms with van der Waals surface area (Å²) in [5.41, 5.74) is 0.0889.